The molecule has 2 atom stereocenters. The Hall–Kier alpha value is -2.37. The van der Waals surface area contributed by atoms with E-state index < -0.39 is 5.97 Å². The van der Waals surface area contributed by atoms with Gasteiger partial charge >= 0.3 is 5.97 Å². The number of carbonyl (C=O) groups is 3. The maximum absolute atomic E-state index is 13.0. The van der Waals surface area contributed by atoms with E-state index in [9.17, 15) is 19.5 Å². The fourth-order valence-electron chi connectivity index (χ4n) is 4.81. The number of aliphatic carboxylic acids is 1. The zero-order chi connectivity index (χ0) is 19.0. The third kappa shape index (κ3) is 3.45. The van der Waals surface area contributed by atoms with Gasteiger partial charge in [0, 0.05) is 31.7 Å². The quantitative estimate of drug-likeness (QED) is 0.885. The predicted octanol–water partition coefficient (Wildman–Crippen LogP) is 2.25. The Balaban J connectivity index is 1.34. The van der Waals surface area contributed by atoms with E-state index in [1.807, 2.05) is 35.2 Å². The molecule has 1 N–H and O–H groups in total. The number of hydrogen-bond donors (Lipinski definition) is 1. The summed E-state index contributed by atoms with van der Waals surface area (Å²) in [5, 5.41) is 9.21. The zero-order valence-corrected chi connectivity index (χ0v) is 15.5. The first-order valence-corrected chi connectivity index (χ1v) is 9.86. The molecule has 1 aromatic carbocycles. The predicted molar refractivity (Wildman–Crippen MR) is 99.1 cm³/mol. The first kappa shape index (κ1) is 18.0. The smallest absolute Gasteiger partial charge is 0.307 e. The molecule has 6 heteroatoms. The first-order valence-electron chi connectivity index (χ1n) is 9.86. The molecule has 2 amide bonds. The van der Waals surface area contributed by atoms with Crippen molar-refractivity contribution >= 4 is 17.8 Å². The molecule has 3 aliphatic rings. The van der Waals surface area contributed by atoms with Gasteiger partial charge in [0.05, 0.1) is 11.8 Å². The number of likely N-dealkylation sites (tertiary alicyclic amines) is 2. The van der Waals surface area contributed by atoms with Crippen molar-refractivity contribution < 1.29 is 19.5 Å². The topological polar surface area (TPSA) is 77.9 Å². The van der Waals surface area contributed by atoms with Gasteiger partial charge in [0.2, 0.25) is 5.91 Å². The second kappa shape index (κ2) is 6.98. The average Bonchev–Trinajstić information content (AvgIpc) is 3.42. The summed E-state index contributed by atoms with van der Waals surface area (Å²) >= 11 is 0. The molecule has 1 spiro atoms. The Labute approximate surface area is 159 Å². The van der Waals surface area contributed by atoms with Crippen LogP contribution in [0.15, 0.2) is 30.3 Å². The number of piperidine rings is 2. The van der Waals surface area contributed by atoms with Crippen LogP contribution in [0.25, 0.3) is 0 Å². The lowest BCUT2D eigenvalue weighted by molar-refractivity contribution is -0.140. The standard InChI is InChI=1S/C21H26N2O4/c24-18(15-5-2-1-3-6-15)23-10-4-7-16(14-23)19(25)22-11-8-21(9-12-22)13-17(21)20(26)27/h1-3,5-6,16-17H,4,7-14H2,(H,26,27). The first-order chi connectivity index (χ1) is 13.0. The van der Waals surface area contributed by atoms with E-state index in [2.05, 4.69) is 0 Å². The van der Waals surface area contributed by atoms with E-state index in [4.69, 9.17) is 0 Å². The molecule has 1 aliphatic carbocycles. The van der Waals surface area contributed by atoms with Crippen molar-refractivity contribution in [2.75, 3.05) is 26.2 Å². The van der Waals surface area contributed by atoms with Gasteiger partial charge < -0.3 is 14.9 Å². The number of benzene rings is 1. The number of carboxylic acids is 1. The van der Waals surface area contributed by atoms with Crippen molar-refractivity contribution in [2.24, 2.45) is 17.3 Å². The fraction of sp³-hybridized carbons (Fsp3) is 0.571. The van der Waals surface area contributed by atoms with Gasteiger partial charge in [-0.2, -0.15) is 0 Å². The van der Waals surface area contributed by atoms with E-state index in [0.29, 0.717) is 31.7 Å². The molecule has 6 nitrogen and oxygen atoms in total. The number of amides is 2. The SMILES string of the molecule is O=C(O)C1CC12CCN(C(=O)C1CCCN(C(=O)c3ccccc3)C1)CC2. The molecule has 3 fully saturated rings. The lowest BCUT2D eigenvalue weighted by Crippen LogP contribution is -2.49. The van der Waals surface area contributed by atoms with Crippen molar-refractivity contribution in [1.82, 2.24) is 9.80 Å². The van der Waals surface area contributed by atoms with Crippen LogP contribution < -0.4 is 0 Å². The van der Waals surface area contributed by atoms with Crippen LogP contribution in [0.1, 0.15) is 42.5 Å². The third-order valence-corrected chi connectivity index (χ3v) is 6.64. The fourth-order valence-corrected chi connectivity index (χ4v) is 4.81. The molecule has 1 saturated carbocycles. The molecular formula is C21H26N2O4. The Morgan fingerprint density at radius 3 is 2.33 bits per heavy atom. The Morgan fingerprint density at radius 2 is 1.70 bits per heavy atom. The van der Waals surface area contributed by atoms with Gasteiger partial charge in [-0.05, 0) is 49.7 Å². The van der Waals surface area contributed by atoms with E-state index in [1.54, 1.807) is 4.90 Å². The summed E-state index contributed by atoms with van der Waals surface area (Å²) < 4.78 is 0. The highest BCUT2D eigenvalue weighted by Crippen LogP contribution is 2.59. The van der Waals surface area contributed by atoms with E-state index in [1.165, 1.54) is 0 Å². The highest BCUT2D eigenvalue weighted by Gasteiger charge is 2.59. The molecule has 0 aromatic heterocycles. The summed E-state index contributed by atoms with van der Waals surface area (Å²) in [5.41, 5.74) is 0.601. The van der Waals surface area contributed by atoms with Crippen LogP contribution >= 0.6 is 0 Å². The number of carbonyl (C=O) groups excluding carboxylic acids is 2. The highest BCUT2D eigenvalue weighted by molar-refractivity contribution is 5.94. The summed E-state index contributed by atoms with van der Waals surface area (Å²) in [7, 11) is 0. The van der Waals surface area contributed by atoms with Crippen LogP contribution in [0.4, 0.5) is 0 Å². The second-order valence-electron chi connectivity index (χ2n) is 8.24. The number of hydrogen-bond acceptors (Lipinski definition) is 3. The van der Waals surface area contributed by atoms with Gasteiger partial charge in [-0.3, -0.25) is 14.4 Å². The molecule has 2 aliphatic heterocycles. The van der Waals surface area contributed by atoms with Crippen molar-refractivity contribution in [2.45, 2.75) is 32.1 Å². The summed E-state index contributed by atoms with van der Waals surface area (Å²) in [5.74, 6) is -0.939. The molecule has 27 heavy (non-hydrogen) atoms. The highest BCUT2D eigenvalue weighted by atomic mass is 16.4. The Bertz CT molecular complexity index is 740. The third-order valence-electron chi connectivity index (χ3n) is 6.64. The minimum absolute atomic E-state index is 0.00650. The summed E-state index contributed by atoms with van der Waals surface area (Å²) in [6.45, 7) is 2.46. The zero-order valence-electron chi connectivity index (χ0n) is 15.5. The molecular weight excluding hydrogens is 344 g/mol. The number of rotatable bonds is 3. The van der Waals surface area contributed by atoms with Crippen molar-refractivity contribution in [3.8, 4) is 0 Å². The van der Waals surface area contributed by atoms with E-state index in [0.717, 1.165) is 32.1 Å². The Kier molecular flexibility index (Phi) is 4.66. The van der Waals surface area contributed by atoms with Crippen molar-refractivity contribution in [3.63, 3.8) is 0 Å². The number of carboxylic acid groups (broad SMARTS) is 1. The maximum Gasteiger partial charge on any atom is 0.307 e. The van der Waals surface area contributed by atoms with Gasteiger partial charge in [-0.25, -0.2) is 0 Å². The summed E-state index contributed by atoms with van der Waals surface area (Å²) in [6, 6.07) is 9.22. The second-order valence-corrected chi connectivity index (χ2v) is 8.24. The molecule has 144 valence electrons. The Morgan fingerprint density at radius 1 is 1.00 bits per heavy atom. The van der Waals surface area contributed by atoms with Crippen LogP contribution in [0, 0.1) is 17.3 Å². The van der Waals surface area contributed by atoms with E-state index >= 15 is 0 Å². The molecule has 2 unspecified atom stereocenters. The van der Waals surface area contributed by atoms with Gasteiger partial charge in [0.25, 0.3) is 5.91 Å². The molecule has 2 heterocycles. The molecule has 0 radical (unpaired) electrons. The summed E-state index contributed by atoms with van der Waals surface area (Å²) in [4.78, 5) is 40.5. The number of nitrogens with zero attached hydrogens (tertiary/aromatic N) is 2. The van der Waals surface area contributed by atoms with Crippen molar-refractivity contribution in [1.29, 1.82) is 0 Å². The van der Waals surface area contributed by atoms with Crippen LogP contribution in [0.2, 0.25) is 0 Å². The van der Waals surface area contributed by atoms with E-state index in [-0.39, 0.29) is 29.1 Å². The minimum Gasteiger partial charge on any atom is -0.481 e. The molecule has 0 bridgehead atoms. The largest absolute Gasteiger partial charge is 0.481 e. The van der Waals surface area contributed by atoms with Crippen LogP contribution in [0.3, 0.4) is 0 Å². The molecule has 1 aromatic rings. The average molecular weight is 370 g/mol. The molecule has 4 rings (SSSR count). The van der Waals surface area contributed by atoms with Crippen LogP contribution in [-0.2, 0) is 9.59 Å². The minimum atomic E-state index is -0.697. The summed E-state index contributed by atoms with van der Waals surface area (Å²) in [6.07, 6.45) is 3.99. The monoisotopic (exact) mass is 370 g/mol. The van der Waals surface area contributed by atoms with Gasteiger partial charge in [0.1, 0.15) is 0 Å². The van der Waals surface area contributed by atoms with Crippen LogP contribution in [-0.4, -0.2) is 58.9 Å². The van der Waals surface area contributed by atoms with Crippen LogP contribution in [0.5, 0.6) is 0 Å². The van der Waals surface area contributed by atoms with Gasteiger partial charge in [-0.1, -0.05) is 18.2 Å². The molecule has 2 saturated heterocycles. The van der Waals surface area contributed by atoms with Gasteiger partial charge in [-0.15, -0.1) is 0 Å². The normalized spacial score (nSPS) is 26.7. The lowest BCUT2D eigenvalue weighted by atomic mass is 9.89. The van der Waals surface area contributed by atoms with Gasteiger partial charge in [0.15, 0.2) is 0 Å². The maximum atomic E-state index is 13.0. The van der Waals surface area contributed by atoms with Crippen molar-refractivity contribution in [3.05, 3.63) is 35.9 Å². The lowest BCUT2D eigenvalue weighted by Gasteiger charge is -2.38.